The van der Waals surface area contributed by atoms with Crippen LogP contribution in [-0.4, -0.2) is 64.6 Å². The average Bonchev–Trinajstić information content (AvgIpc) is 3.23. The number of amides is 2. The first kappa shape index (κ1) is 25.1. The van der Waals surface area contributed by atoms with Gasteiger partial charge in [0.2, 0.25) is 0 Å². The van der Waals surface area contributed by atoms with Gasteiger partial charge in [0.15, 0.2) is 0 Å². The highest BCUT2D eigenvalue weighted by atomic mass is 19.1. The molecule has 2 amide bonds. The number of hydrogen-bond acceptors (Lipinski definition) is 4. The number of carbonyl (C=O) groups excluding carboxylic acids is 2. The van der Waals surface area contributed by atoms with E-state index in [9.17, 15) is 23.5 Å². The van der Waals surface area contributed by atoms with Crippen molar-refractivity contribution in [1.82, 2.24) is 14.4 Å². The van der Waals surface area contributed by atoms with E-state index in [4.69, 9.17) is 4.74 Å². The second-order valence-electron chi connectivity index (χ2n) is 10.3. The predicted molar refractivity (Wildman–Crippen MR) is 141 cm³/mol. The molecule has 0 bridgehead atoms. The number of hydrogen-bond donors (Lipinski definition) is 1. The van der Waals surface area contributed by atoms with Crippen LogP contribution in [-0.2, 0) is 12.5 Å². The maximum absolute atomic E-state index is 13.8. The molecule has 200 valence electrons. The second-order valence-corrected chi connectivity index (χ2v) is 10.3. The summed E-state index contributed by atoms with van der Waals surface area (Å²) in [6.45, 7) is 0.634. The molecule has 3 aromatic carbocycles. The Balaban J connectivity index is 1.46. The van der Waals surface area contributed by atoms with Crippen LogP contribution in [0.1, 0.15) is 38.0 Å². The first-order valence-corrected chi connectivity index (χ1v) is 12.7. The first-order chi connectivity index (χ1) is 18.8. The van der Waals surface area contributed by atoms with Gasteiger partial charge in [0.25, 0.3) is 11.8 Å². The quantitative estimate of drug-likeness (QED) is 0.431. The van der Waals surface area contributed by atoms with Gasteiger partial charge in [-0.3, -0.25) is 9.59 Å². The van der Waals surface area contributed by atoms with E-state index in [-0.39, 0.29) is 25.0 Å². The van der Waals surface area contributed by atoms with Crippen LogP contribution in [0.3, 0.4) is 0 Å². The minimum atomic E-state index is -0.645. The van der Waals surface area contributed by atoms with E-state index in [0.717, 1.165) is 22.2 Å². The number of aromatic nitrogens is 1. The summed E-state index contributed by atoms with van der Waals surface area (Å²) in [6.07, 6.45) is 0. The molecule has 7 nitrogen and oxygen atoms in total. The van der Waals surface area contributed by atoms with Gasteiger partial charge >= 0.3 is 0 Å². The van der Waals surface area contributed by atoms with Gasteiger partial charge in [0, 0.05) is 55.0 Å². The molecule has 1 aromatic heterocycles. The number of benzene rings is 3. The molecule has 9 heteroatoms. The fraction of sp³-hybridized carbons (Fsp3) is 0.267. The van der Waals surface area contributed by atoms with E-state index in [0.29, 0.717) is 30.0 Å². The number of nitrogens with zero attached hydrogens (tertiary/aromatic N) is 3. The summed E-state index contributed by atoms with van der Waals surface area (Å²) in [6, 6.07) is 15.9. The molecule has 0 saturated carbocycles. The molecule has 39 heavy (non-hydrogen) atoms. The van der Waals surface area contributed by atoms with Gasteiger partial charge in [-0.05, 0) is 66.2 Å². The molecular weight excluding hydrogens is 504 g/mol. The molecule has 1 fully saturated rings. The summed E-state index contributed by atoms with van der Waals surface area (Å²) < 4.78 is 34.5. The van der Waals surface area contributed by atoms with Crippen LogP contribution in [0.15, 0.2) is 66.7 Å². The highest BCUT2D eigenvalue weighted by Gasteiger charge is 2.55. The number of fused-ring (bicyclic) bond motifs is 4. The molecule has 2 aliphatic rings. The number of aliphatic hydroxyl groups is 1. The maximum Gasteiger partial charge on any atom is 0.254 e. The number of methoxy groups -OCH3 is 1. The smallest absolute Gasteiger partial charge is 0.254 e. The van der Waals surface area contributed by atoms with E-state index in [2.05, 4.69) is 0 Å². The third-order valence-corrected chi connectivity index (χ3v) is 8.04. The molecule has 3 heterocycles. The molecule has 2 aliphatic heterocycles. The SMILES string of the molecule is COc1ccc2c3c(n(C)c2c1)[C@@H](CO)N(C(=O)c1ccc(F)cc1)CC31CN(C(=O)c2ccc(F)cc2)C1. The number of ether oxygens (including phenoxy) is 1. The molecule has 1 N–H and O–H groups in total. The minimum absolute atomic E-state index is 0.218. The lowest BCUT2D eigenvalue weighted by atomic mass is 9.68. The largest absolute Gasteiger partial charge is 0.497 e. The number of halogens is 2. The van der Waals surface area contributed by atoms with Crippen LogP contribution >= 0.6 is 0 Å². The van der Waals surface area contributed by atoms with Gasteiger partial charge in [0.05, 0.1) is 30.7 Å². The highest BCUT2D eigenvalue weighted by Crippen LogP contribution is 2.50. The van der Waals surface area contributed by atoms with Crippen molar-refractivity contribution < 1.29 is 28.2 Å². The Bertz CT molecular complexity index is 1590. The van der Waals surface area contributed by atoms with E-state index < -0.39 is 23.1 Å². The van der Waals surface area contributed by atoms with Crippen molar-refractivity contribution in [3.8, 4) is 5.75 Å². The average molecular weight is 532 g/mol. The molecule has 0 unspecified atom stereocenters. The maximum atomic E-state index is 13.8. The summed E-state index contributed by atoms with van der Waals surface area (Å²) in [7, 11) is 3.49. The Morgan fingerprint density at radius 2 is 1.51 bits per heavy atom. The summed E-state index contributed by atoms with van der Waals surface area (Å²) in [4.78, 5) is 30.3. The normalized spacial score (nSPS) is 17.7. The lowest BCUT2D eigenvalue weighted by Gasteiger charge is -2.56. The number of carbonyl (C=O) groups is 2. The standard InChI is InChI=1S/C30H27F2N3O4/c1-33-24-13-22(39-2)11-12-23(24)26-27(33)25(14-36)35(29(38)19-5-9-21(32)10-6-19)17-30(26)15-34(16-30)28(37)18-3-7-20(31)8-4-18/h3-13,25,36H,14-17H2,1-2H3/t25-/m1/s1. The van der Waals surface area contributed by atoms with Crippen molar-refractivity contribution in [2.45, 2.75) is 11.5 Å². The van der Waals surface area contributed by atoms with E-state index in [1.807, 2.05) is 29.8 Å². The minimum Gasteiger partial charge on any atom is -0.497 e. The van der Waals surface area contributed by atoms with E-state index in [1.54, 1.807) is 16.9 Å². The molecule has 1 saturated heterocycles. The zero-order valence-electron chi connectivity index (χ0n) is 21.5. The topological polar surface area (TPSA) is 75.0 Å². The van der Waals surface area contributed by atoms with Crippen LogP contribution in [0.4, 0.5) is 8.78 Å². The first-order valence-electron chi connectivity index (χ1n) is 12.7. The Morgan fingerprint density at radius 3 is 2.08 bits per heavy atom. The van der Waals surface area contributed by atoms with Crippen molar-refractivity contribution in [2.75, 3.05) is 33.4 Å². The Hall–Kier alpha value is -4.24. The fourth-order valence-electron chi connectivity index (χ4n) is 6.19. The van der Waals surface area contributed by atoms with Crippen molar-refractivity contribution >= 4 is 22.7 Å². The van der Waals surface area contributed by atoms with Gasteiger partial charge < -0.3 is 24.2 Å². The monoisotopic (exact) mass is 531 g/mol. The highest BCUT2D eigenvalue weighted by molar-refractivity contribution is 5.98. The Kier molecular flexibility index (Phi) is 5.91. The molecular formula is C30H27F2N3O4. The van der Waals surface area contributed by atoms with Gasteiger partial charge in [-0.15, -0.1) is 0 Å². The molecule has 1 atom stereocenters. The second kappa shape index (κ2) is 9.20. The van der Waals surface area contributed by atoms with E-state index in [1.165, 1.54) is 48.5 Å². The third-order valence-electron chi connectivity index (χ3n) is 8.04. The van der Waals surface area contributed by atoms with Crippen LogP contribution in [0, 0.1) is 11.6 Å². The van der Waals surface area contributed by atoms with Gasteiger partial charge in [0.1, 0.15) is 17.4 Å². The summed E-state index contributed by atoms with van der Waals surface area (Å²) in [5.41, 5.74) is 2.77. The van der Waals surface area contributed by atoms with Crippen LogP contribution < -0.4 is 4.74 Å². The van der Waals surface area contributed by atoms with Crippen molar-refractivity contribution in [2.24, 2.45) is 7.05 Å². The van der Waals surface area contributed by atoms with Crippen molar-refractivity contribution in [3.63, 3.8) is 0 Å². The molecule has 0 aliphatic carbocycles. The number of aryl methyl sites for hydroxylation is 1. The summed E-state index contributed by atoms with van der Waals surface area (Å²) in [5.74, 6) is -0.732. The lowest BCUT2D eigenvalue weighted by Crippen LogP contribution is -2.68. The molecule has 4 aromatic rings. The van der Waals surface area contributed by atoms with Crippen LogP contribution in [0.5, 0.6) is 5.75 Å². The van der Waals surface area contributed by atoms with Gasteiger partial charge in [-0.25, -0.2) is 8.78 Å². The molecule has 6 rings (SSSR count). The van der Waals surface area contributed by atoms with Crippen molar-refractivity contribution in [3.05, 3.63) is 101 Å². The Labute approximate surface area is 223 Å². The fourth-order valence-corrected chi connectivity index (χ4v) is 6.19. The summed E-state index contributed by atoms with van der Waals surface area (Å²) in [5, 5.41) is 11.6. The van der Waals surface area contributed by atoms with Crippen LogP contribution in [0.25, 0.3) is 10.9 Å². The molecule has 1 spiro atoms. The van der Waals surface area contributed by atoms with Gasteiger partial charge in [-0.1, -0.05) is 0 Å². The zero-order chi connectivity index (χ0) is 27.5. The number of aliphatic hydroxyl groups excluding tert-OH is 1. The zero-order valence-corrected chi connectivity index (χ0v) is 21.5. The summed E-state index contributed by atoms with van der Waals surface area (Å²) >= 11 is 0. The number of likely N-dealkylation sites (tertiary alicyclic amines) is 1. The predicted octanol–water partition coefficient (Wildman–Crippen LogP) is 4.05. The van der Waals surface area contributed by atoms with Gasteiger partial charge in [-0.2, -0.15) is 0 Å². The molecule has 0 radical (unpaired) electrons. The third kappa shape index (κ3) is 3.87. The van der Waals surface area contributed by atoms with Crippen LogP contribution in [0.2, 0.25) is 0 Å². The lowest BCUT2D eigenvalue weighted by molar-refractivity contribution is 0.00235. The van der Waals surface area contributed by atoms with Crippen molar-refractivity contribution in [1.29, 1.82) is 0 Å². The van der Waals surface area contributed by atoms with E-state index >= 15 is 0 Å². The number of rotatable bonds is 4. The Morgan fingerprint density at radius 1 is 0.923 bits per heavy atom.